The average Bonchev–Trinajstić information content (AvgIpc) is 2.22. The first-order chi connectivity index (χ1) is 4.31. The smallest absolute Gasteiger partial charge is 0.233 e. The lowest BCUT2D eigenvalue weighted by atomic mass is 10.1. The molecule has 2 aliphatic rings. The number of nitrogens with zero attached hydrogens (tertiary/aromatic N) is 1. The van der Waals surface area contributed by atoms with Gasteiger partial charge in [-0.05, 0) is 0 Å². The largest absolute Gasteiger partial charge is 0.272 e. The molecule has 1 atom stereocenters. The van der Waals surface area contributed by atoms with Gasteiger partial charge in [0.05, 0.1) is 6.42 Å². The summed E-state index contributed by atoms with van der Waals surface area (Å²) in [6.45, 7) is 1.84. The number of fused-ring (bicyclic) bond motifs is 1. The Labute approximate surface area is 54.7 Å². The molecule has 2 heterocycles. The first-order valence-electron chi connectivity index (χ1n) is 3.51. The summed E-state index contributed by atoms with van der Waals surface area (Å²) in [6, 6.07) is 0. The summed E-state index contributed by atoms with van der Waals surface area (Å²) in [7, 11) is 0. The lowest BCUT2D eigenvalue weighted by molar-refractivity contribution is -0.0443. The fourth-order valence-corrected chi connectivity index (χ4v) is 1.65. The molecule has 51 valence electrons. The highest BCUT2D eigenvalue weighted by molar-refractivity contribution is 4.92. The van der Waals surface area contributed by atoms with Crippen molar-refractivity contribution in [2.45, 2.75) is 24.9 Å². The van der Waals surface area contributed by atoms with Gasteiger partial charge in [0, 0.05) is 17.9 Å². The summed E-state index contributed by atoms with van der Waals surface area (Å²) in [5, 5.41) is 1.94. The topological polar surface area (TPSA) is 41.2 Å². The van der Waals surface area contributed by atoms with Gasteiger partial charge in [0.25, 0.3) is 0 Å². The van der Waals surface area contributed by atoms with Crippen LogP contribution >= 0.6 is 0 Å². The Bertz CT molecular complexity index is 116. The number of hydrogen-bond acceptors (Lipinski definition) is 3. The summed E-state index contributed by atoms with van der Waals surface area (Å²) in [5.41, 5.74) is 5.88. The normalized spacial score (nSPS) is 43.7. The highest BCUT2D eigenvalue weighted by atomic mass is 16.7. The highest BCUT2D eigenvalue weighted by Crippen LogP contribution is 2.29. The lowest BCUT2D eigenvalue weighted by Gasteiger charge is -2.11. The third-order valence-electron chi connectivity index (χ3n) is 2.25. The quantitative estimate of drug-likeness (QED) is 0.463. The van der Waals surface area contributed by atoms with Crippen LogP contribution in [0.25, 0.3) is 0 Å². The molecule has 0 unspecified atom stereocenters. The van der Waals surface area contributed by atoms with Crippen molar-refractivity contribution in [2.24, 2.45) is 5.73 Å². The van der Waals surface area contributed by atoms with Gasteiger partial charge in [-0.1, -0.05) is 0 Å². The summed E-state index contributed by atoms with van der Waals surface area (Å²) < 4.78 is 0. The maximum atomic E-state index is 5.97. The minimum Gasteiger partial charge on any atom is -0.272 e. The third kappa shape index (κ3) is 0.689. The predicted molar refractivity (Wildman–Crippen MR) is 33.7 cm³/mol. The molecule has 2 N–H and O–H groups in total. The van der Waals surface area contributed by atoms with E-state index in [-0.39, 0.29) is 5.66 Å². The second kappa shape index (κ2) is 1.68. The molecule has 0 saturated carbocycles. The van der Waals surface area contributed by atoms with Crippen LogP contribution in [0.1, 0.15) is 19.3 Å². The maximum absolute atomic E-state index is 5.97. The highest BCUT2D eigenvalue weighted by Gasteiger charge is 2.53. The molecule has 2 aliphatic heterocycles. The fourth-order valence-electron chi connectivity index (χ4n) is 1.65. The van der Waals surface area contributed by atoms with Crippen molar-refractivity contribution in [3.8, 4) is 0 Å². The van der Waals surface area contributed by atoms with E-state index in [0.717, 1.165) is 26.0 Å². The van der Waals surface area contributed by atoms with E-state index in [1.54, 1.807) is 0 Å². The molecule has 0 amide bonds. The van der Waals surface area contributed by atoms with Gasteiger partial charge in [-0.3, -0.25) is 5.73 Å². The molecule has 3 nitrogen and oxygen atoms in total. The Morgan fingerprint density at radius 3 is 3.11 bits per heavy atom. The lowest BCUT2D eigenvalue weighted by Crippen LogP contribution is -2.50. The van der Waals surface area contributed by atoms with E-state index in [0.29, 0.717) is 0 Å². The first-order valence-corrected chi connectivity index (χ1v) is 3.51. The Hall–Kier alpha value is -0.120. The van der Waals surface area contributed by atoms with Crippen molar-refractivity contribution in [3.05, 3.63) is 0 Å². The third-order valence-corrected chi connectivity index (χ3v) is 2.25. The van der Waals surface area contributed by atoms with Crippen LogP contribution in [0.5, 0.6) is 0 Å². The summed E-state index contributed by atoms with van der Waals surface area (Å²) in [6.07, 6.45) is 3.30. The van der Waals surface area contributed by atoms with Crippen molar-refractivity contribution in [2.75, 3.05) is 13.2 Å². The van der Waals surface area contributed by atoms with Gasteiger partial charge < -0.3 is 0 Å². The Morgan fingerprint density at radius 1 is 1.44 bits per heavy atom. The molecule has 0 aliphatic carbocycles. The molecule has 3 heteroatoms. The molecule has 0 aromatic heterocycles. The van der Waals surface area contributed by atoms with E-state index in [1.165, 1.54) is 6.42 Å². The van der Waals surface area contributed by atoms with Gasteiger partial charge >= 0.3 is 0 Å². The molecule has 9 heavy (non-hydrogen) atoms. The summed E-state index contributed by atoms with van der Waals surface area (Å²) >= 11 is 0. The van der Waals surface area contributed by atoms with Crippen molar-refractivity contribution >= 4 is 0 Å². The number of nitrogens with two attached hydrogens (primary N) is 1. The van der Waals surface area contributed by atoms with Crippen LogP contribution in [0.4, 0.5) is 0 Å². The standard InChI is InChI=1S/C6H12N2O/c7-6-2-1-4-8(6)9-5-3-6/h1-5,7H2/q+1/t6-/m1/s1. The molecule has 0 aromatic rings. The summed E-state index contributed by atoms with van der Waals surface area (Å²) in [5.74, 6) is 0. The predicted octanol–water partition coefficient (Wildman–Crippen LogP) is -0.0894. The van der Waals surface area contributed by atoms with E-state index >= 15 is 0 Å². The van der Waals surface area contributed by atoms with Crippen molar-refractivity contribution in [1.82, 2.24) is 5.06 Å². The van der Waals surface area contributed by atoms with Crippen LogP contribution in [-0.2, 0) is 4.84 Å². The molecule has 0 spiro atoms. The molecule has 1 radical (unpaired) electrons. The average molecular weight is 128 g/mol. The zero-order valence-corrected chi connectivity index (χ0v) is 5.47. The SMILES string of the molecule is N[C@]12CCC[N+]1OCC2. The minimum absolute atomic E-state index is 0.0833. The number of rotatable bonds is 0. The Kier molecular flexibility index (Phi) is 1.06. The molecule has 0 aromatic carbocycles. The second-order valence-corrected chi connectivity index (χ2v) is 2.89. The van der Waals surface area contributed by atoms with Crippen LogP contribution in [0.2, 0.25) is 0 Å². The summed E-state index contributed by atoms with van der Waals surface area (Å²) in [4.78, 5) is 5.29. The van der Waals surface area contributed by atoms with Crippen LogP contribution in [0, 0.1) is 0 Å². The van der Waals surface area contributed by atoms with Crippen LogP contribution in [0.15, 0.2) is 0 Å². The Morgan fingerprint density at radius 2 is 2.33 bits per heavy atom. The monoisotopic (exact) mass is 128 g/mol. The molecule has 2 saturated heterocycles. The maximum Gasteiger partial charge on any atom is 0.233 e. The van der Waals surface area contributed by atoms with E-state index in [2.05, 4.69) is 0 Å². The second-order valence-electron chi connectivity index (χ2n) is 2.89. The van der Waals surface area contributed by atoms with E-state index < -0.39 is 0 Å². The van der Waals surface area contributed by atoms with Gasteiger partial charge in [-0.15, -0.1) is 4.84 Å². The van der Waals surface area contributed by atoms with E-state index in [4.69, 9.17) is 10.6 Å². The molecular weight excluding hydrogens is 116 g/mol. The van der Waals surface area contributed by atoms with Crippen molar-refractivity contribution in [3.63, 3.8) is 0 Å². The molecule has 0 bridgehead atoms. The van der Waals surface area contributed by atoms with Gasteiger partial charge in [-0.25, -0.2) is 0 Å². The van der Waals surface area contributed by atoms with Crippen molar-refractivity contribution < 1.29 is 4.84 Å². The minimum atomic E-state index is -0.0833. The van der Waals surface area contributed by atoms with E-state index in [9.17, 15) is 0 Å². The zero-order valence-electron chi connectivity index (χ0n) is 5.47. The van der Waals surface area contributed by atoms with Gasteiger partial charge in [0.15, 0.2) is 6.54 Å². The van der Waals surface area contributed by atoms with Gasteiger partial charge in [-0.2, -0.15) is 0 Å². The van der Waals surface area contributed by atoms with Crippen molar-refractivity contribution in [1.29, 1.82) is 0 Å². The zero-order chi connectivity index (χ0) is 6.32. The van der Waals surface area contributed by atoms with Crippen LogP contribution < -0.4 is 10.8 Å². The number of hydroxylamine groups is 2. The Balaban J connectivity index is 2.17. The van der Waals surface area contributed by atoms with Crippen LogP contribution in [-0.4, -0.2) is 18.8 Å². The molecular formula is C6H12N2O+. The number of hydrogen-bond donors (Lipinski definition) is 1. The first kappa shape index (κ1) is 5.65. The molecule has 2 rings (SSSR count). The van der Waals surface area contributed by atoms with Crippen LogP contribution in [0.3, 0.4) is 0 Å². The van der Waals surface area contributed by atoms with Gasteiger partial charge in [0.2, 0.25) is 5.66 Å². The molecule has 2 fully saturated rings. The van der Waals surface area contributed by atoms with Gasteiger partial charge in [0.1, 0.15) is 6.61 Å². The van der Waals surface area contributed by atoms with E-state index in [1.807, 2.05) is 5.06 Å². The fraction of sp³-hybridized carbons (Fsp3) is 1.00.